The highest BCUT2D eigenvalue weighted by Gasteiger charge is 2.11. The first-order chi connectivity index (χ1) is 11.2. The summed E-state index contributed by atoms with van der Waals surface area (Å²) in [5, 5.41) is 10.1. The normalized spacial score (nSPS) is 10.4. The van der Waals surface area contributed by atoms with Gasteiger partial charge in [0.1, 0.15) is 6.54 Å². The summed E-state index contributed by atoms with van der Waals surface area (Å²) in [5.74, 6) is 0.0358. The number of aromatic nitrogens is 1. The highest BCUT2D eigenvalue weighted by atomic mass is 16.2. The van der Waals surface area contributed by atoms with Crippen LogP contribution in [0.4, 0.5) is 0 Å². The van der Waals surface area contributed by atoms with Gasteiger partial charge in [-0.25, -0.2) is 0 Å². The average Bonchev–Trinajstić information content (AvgIpc) is 2.98. The first-order valence-corrected chi connectivity index (χ1v) is 7.44. The Labute approximate surface area is 135 Å². The van der Waals surface area contributed by atoms with Crippen molar-refractivity contribution in [3.8, 4) is 6.07 Å². The lowest BCUT2D eigenvalue weighted by Crippen LogP contribution is -2.29. The Bertz CT molecular complexity index is 889. The summed E-state index contributed by atoms with van der Waals surface area (Å²) in [7, 11) is 1.78. The van der Waals surface area contributed by atoms with Gasteiger partial charge >= 0.3 is 0 Å². The van der Waals surface area contributed by atoms with E-state index in [0.29, 0.717) is 18.7 Å². The van der Waals surface area contributed by atoms with Crippen molar-refractivity contribution >= 4 is 16.8 Å². The van der Waals surface area contributed by atoms with Crippen LogP contribution in [0.25, 0.3) is 10.9 Å². The molecule has 0 atom stereocenters. The third-order valence-electron chi connectivity index (χ3n) is 3.89. The third-order valence-corrected chi connectivity index (χ3v) is 3.89. The SMILES string of the molecule is CN(Cc1cccc(C#N)c1)C(=O)Cn1ccc2ccccc21. The van der Waals surface area contributed by atoms with Gasteiger partial charge in [-0.1, -0.05) is 30.3 Å². The van der Waals surface area contributed by atoms with Crippen molar-refractivity contribution in [1.29, 1.82) is 5.26 Å². The Morgan fingerprint density at radius 2 is 2.00 bits per heavy atom. The summed E-state index contributed by atoms with van der Waals surface area (Å²) in [6.07, 6.45) is 1.94. The van der Waals surface area contributed by atoms with Gasteiger partial charge in [-0.3, -0.25) is 4.79 Å². The Morgan fingerprint density at radius 1 is 1.17 bits per heavy atom. The van der Waals surface area contributed by atoms with Gasteiger partial charge in [0.15, 0.2) is 0 Å². The van der Waals surface area contributed by atoms with E-state index in [2.05, 4.69) is 6.07 Å². The topological polar surface area (TPSA) is 49.0 Å². The molecule has 0 saturated heterocycles. The number of hydrogen-bond acceptors (Lipinski definition) is 2. The van der Waals surface area contributed by atoms with Crippen LogP contribution in [-0.4, -0.2) is 22.4 Å². The second kappa shape index (κ2) is 6.37. The van der Waals surface area contributed by atoms with Crippen LogP contribution in [0.3, 0.4) is 0 Å². The predicted molar refractivity (Wildman–Crippen MR) is 89.6 cm³/mol. The number of fused-ring (bicyclic) bond motifs is 1. The number of hydrogen-bond donors (Lipinski definition) is 0. The van der Waals surface area contributed by atoms with Crippen molar-refractivity contribution in [2.45, 2.75) is 13.1 Å². The lowest BCUT2D eigenvalue weighted by molar-refractivity contribution is -0.131. The van der Waals surface area contributed by atoms with Crippen LogP contribution in [0.1, 0.15) is 11.1 Å². The monoisotopic (exact) mass is 303 g/mol. The minimum absolute atomic E-state index is 0.0358. The maximum atomic E-state index is 12.5. The molecule has 114 valence electrons. The minimum atomic E-state index is 0.0358. The van der Waals surface area contributed by atoms with E-state index >= 15 is 0 Å². The van der Waals surface area contributed by atoms with Crippen molar-refractivity contribution in [3.05, 3.63) is 71.9 Å². The van der Waals surface area contributed by atoms with Gasteiger partial charge in [0, 0.05) is 25.3 Å². The van der Waals surface area contributed by atoms with E-state index < -0.39 is 0 Å². The van der Waals surface area contributed by atoms with Gasteiger partial charge in [-0.15, -0.1) is 0 Å². The van der Waals surface area contributed by atoms with Gasteiger partial charge in [-0.2, -0.15) is 5.26 Å². The van der Waals surface area contributed by atoms with E-state index in [-0.39, 0.29) is 5.91 Å². The lowest BCUT2D eigenvalue weighted by atomic mass is 10.1. The molecule has 0 bridgehead atoms. The zero-order valence-corrected chi connectivity index (χ0v) is 12.9. The Kier molecular flexibility index (Phi) is 4.11. The number of rotatable bonds is 4. The molecule has 0 N–H and O–H groups in total. The summed E-state index contributed by atoms with van der Waals surface area (Å²) < 4.78 is 1.96. The molecular formula is C19H17N3O. The summed E-state index contributed by atoms with van der Waals surface area (Å²) >= 11 is 0. The van der Waals surface area contributed by atoms with Crippen LogP contribution < -0.4 is 0 Å². The maximum Gasteiger partial charge on any atom is 0.242 e. The number of nitrogens with zero attached hydrogens (tertiary/aromatic N) is 3. The Morgan fingerprint density at radius 3 is 2.83 bits per heavy atom. The van der Waals surface area contributed by atoms with Crippen LogP contribution in [0, 0.1) is 11.3 Å². The van der Waals surface area contributed by atoms with Crippen molar-refractivity contribution < 1.29 is 4.79 Å². The number of nitriles is 1. The molecule has 0 aliphatic heterocycles. The number of likely N-dealkylation sites (N-methyl/N-ethyl adjacent to an activating group) is 1. The number of benzene rings is 2. The third kappa shape index (κ3) is 3.24. The van der Waals surface area contributed by atoms with Crippen LogP contribution in [0.2, 0.25) is 0 Å². The summed E-state index contributed by atoms with van der Waals surface area (Å²) in [5.41, 5.74) is 2.62. The molecule has 3 aromatic rings. The van der Waals surface area contributed by atoms with Crippen molar-refractivity contribution in [1.82, 2.24) is 9.47 Å². The fourth-order valence-corrected chi connectivity index (χ4v) is 2.65. The van der Waals surface area contributed by atoms with E-state index in [1.807, 2.05) is 59.3 Å². The molecule has 0 saturated carbocycles. The summed E-state index contributed by atoms with van der Waals surface area (Å²) in [6.45, 7) is 0.801. The van der Waals surface area contributed by atoms with Gasteiger partial charge in [-0.05, 0) is 35.2 Å². The van der Waals surface area contributed by atoms with Crippen LogP contribution in [0.15, 0.2) is 60.8 Å². The molecule has 0 aliphatic carbocycles. The maximum absolute atomic E-state index is 12.5. The fourth-order valence-electron chi connectivity index (χ4n) is 2.65. The quantitative estimate of drug-likeness (QED) is 0.743. The van der Waals surface area contributed by atoms with Crippen LogP contribution in [-0.2, 0) is 17.9 Å². The number of carbonyl (C=O) groups excluding carboxylic acids is 1. The predicted octanol–water partition coefficient (Wildman–Crippen LogP) is 3.17. The number of amides is 1. The second-order valence-corrected chi connectivity index (χ2v) is 5.56. The standard InChI is InChI=1S/C19H17N3O/c1-21(13-16-6-4-5-15(11-16)12-20)19(23)14-22-10-9-17-7-2-3-8-18(17)22/h2-11H,13-14H2,1H3. The molecule has 2 aromatic carbocycles. The summed E-state index contributed by atoms with van der Waals surface area (Å²) in [4.78, 5) is 14.1. The van der Waals surface area contributed by atoms with Gasteiger partial charge in [0.25, 0.3) is 0 Å². The summed E-state index contributed by atoms with van der Waals surface area (Å²) in [6, 6.07) is 19.5. The molecular weight excluding hydrogens is 286 g/mol. The molecule has 4 nitrogen and oxygen atoms in total. The first kappa shape index (κ1) is 14.9. The largest absolute Gasteiger partial charge is 0.340 e. The van der Waals surface area contributed by atoms with Crippen LogP contribution in [0.5, 0.6) is 0 Å². The molecule has 0 radical (unpaired) electrons. The minimum Gasteiger partial charge on any atom is -0.340 e. The zero-order valence-electron chi connectivity index (χ0n) is 12.9. The van der Waals surface area contributed by atoms with Gasteiger partial charge in [0.05, 0.1) is 11.6 Å². The molecule has 0 fully saturated rings. The molecule has 4 heteroatoms. The molecule has 3 rings (SSSR count). The molecule has 23 heavy (non-hydrogen) atoms. The van der Waals surface area contributed by atoms with E-state index in [1.165, 1.54) is 0 Å². The molecule has 0 spiro atoms. The first-order valence-electron chi connectivity index (χ1n) is 7.44. The van der Waals surface area contributed by atoms with Crippen molar-refractivity contribution in [2.24, 2.45) is 0 Å². The number of para-hydroxylation sites is 1. The Balaban J connectivity index is 1.71. The smallest absolute Gasteiger partial charge is 0.242 e. The zero-order chi connectivity index (χ0) is 16.2. The van der Waals surface area contributed by atoms with Crippen molar-refractivity contribution in [3.63, 3.8) is 0 Å². The fraction of sp³-hybridized carbons (Fsp3) is 0.158. The Hall–Kier alpha value is -3.06. The molecule has 0 unspecified atom stereocenters. The highest BCUT2D eigenvalue weighted by Crippen LogP contribution is 2.15. The van der Waals surface area contributed by atoms with E-state index in [4.69, 9.17) is 5.26 Å². The molecule has 1 heterocycles. The van der Waals surface area contributed by atoms with Crippen molar-refractivity contribution in [2.75, 3.05) is 7.05 Å². The molecule has 1 amide bonds. The van der Waals surface area contributed by atoms with Gasteiger partial charge in [0.2, 0.25) is 5.91 Å². The molecule has 1 aromatic heterocycles. The van der Waals surface area contributed by atoms with Gasteiger partial charge < -0.3 is 9.47 Å². The average molecular weight is 303 g/mol. The van der Waals surface area contributed by atoms with E-state index in [0.717, 1.165) is 16.5 Å². The lowest BCUT2D eigenvalue weighted by Gasteiger charge is -2.18. The number of carbonyl (C=O) groups is 1. The van der Waals surface area contributed by atoms with E-state index in [9.17, 15) is 4.79 Å². The van der Waals surface area contributed by atoms with Crippen LogP contribution >= 0.6 is 0 Å². The van der Waals surface area contributed by atoms with E-state index in [1.54, 1.807) is 18.0 Å². The highest BCUT2D eigenvalue weighted by molar-refractivity contribution is 5.83. The second-order valence-electron chi connectivity index (χ2n) is 5.56. The molecule has 0 aliphatic rings.